The van der Waals surface area contributed by atoms with Crippen LogP contribution in [0, 0.1) is 0 Å². The zero-order valence-corrected chi connectivity index (χ0v) is 8.93. The monoisotopic (exact) mass is 222 g/mol. The van der Waals surface area contributed by atoms with E-state index in [1.54, 1.807) is 24.3 Å². The number of carboxylic acid groups (broad SMARTS) is 1. The second kappa shape index (κ2) is 5.87. The maximum atomic E-state index is 11.5. The Morgan fingerprint density at radius 3 is 2.44 bits per heavy atom. The molecule has 0 fully saturated rings. The van der Waals surface area contributed by atoms with E-state index in [9.17, 15) is 9.59 Å². The second-order valence-electron chi connectivity index (χ2n) is 3.30. The summed E-state index contributed by atoms with van der Waals surface area (Å²) in [4.78, 5) is 22.1. The van der Waals surface area contributed by atoms with E-state index in [2.05, 4.69) is 10.6 Å². The normalized spacial score (nSPS) is 11.8. The zero-order valence-electron chi connectivity index (χ0n) is 8.93. The van der Waals surface area contributed by atoms with Crippen LogP contribution in [-0.2, 0) is 9.59 Å². The number of hydrogen-bond acceptors (Lipinski definition) is 3. The molecule has 0 heterocycles. The van der Waals surface area contributed by atoms with E-state index >= 15 is 0 Å². The van der Waals surface area contributed by atoms with E-state index in [1.165, 1.54) is 7.05 Å². The lowest BCUT2D eigenvalue weighted by Crippen LogP contribution is -2.37. The highest BCUT2D eigenvalue weighted by atomic mass is 16.4. The molecular weight excluding hydrogens is 208 g/mol. The van der Waals surface area contributed by atoms with Gasteiger partial charge in [-0.25, -0.2) is 0 Å². The molecule has 0 aliphatic heterocycles. The smallest absolute Gasteiger partial charge is 0.321 e. The largest absolute Gasteiger partial charge is 0.480 e. The van der Waals surface area contributed by atoms with E-state index in [1.807, 2.05) is 6.07 Å². The minimum Gasteiger partial charge on any atom is -0.480 e. The molecule has 1 aromatic rings. The fourth-order valence-corrected chi connectivity index (χ4v) is 1.23. The summed E-state index contributed by atoms with van der Waals surface area (Å²) in [6.07, 6.45) is -0.0965. The van der Waals surface area contributed by atoms with Crippen LogP contribution in [0.1, 0.15) is 6.42 Å². The van der Waals surface area contributed by atoms with Gasteiger partial charge in [0, 0.05) is 5.69 Å². The Bertz CT molecular complexity index is 365. The Morgan fingerprint density at radius 1 is 1.31 bits per heavy atom. The maximum absolute atomic E-state index is 11.5. The number of amides is 1. The summed E-state index contributed by atoms with van der Waals surface area (Å²) in [6.45, 7) is 0. The molecule has 1 rings (SSSR count). The minimum absolute atomic E-state index is 0.0965. The molecule has 0 radical (unpaired) electrons. The van der Waals surface area contributed by atoms with Crippen LogP contribution < -0.4 is 10.6 Å². The van der Waals surface area contributed by atoms with Crippen LogP contribution in [0.15, 0.2) is 30.3 Å². The Hall–Kier alpha value is -1.88. The van der Waals surface area contributed by atoms with Crippen LogP contribution in [0.25, 0.3) is 0 Å². The second-order valence-corrected chi connectivity index (χ2v) is 3.30. The Balaban J connectivity index is 2.50. The molecule has 0 aromatic heterocycles. The zero-order chi connectivity index (χ0) is 12.0. The topological polar surface area (TPSA) is 78.4 Å². The van der Waals surface area contributed by atoms with Crippen molar-refractivity contribution in [1.29, 1.82) is 0 Å². The first kappa shape index (κ1) is 12.2. The lowest BCUT2D eigenvalue weighted by atomic mass is 10.2. The summed E-state index contributed by atoms with van der Waals surface area (Å²) in [5.74, 6) is -1.36. The van der Waals surface area contributed by atoms with Gasteiger partial charge in [0.25, 0.3) is 0 Å². The highest BCUT2D eigenvalue weighted by Gasteiger charge is 2.18. The number of carboxylic acids is 1. The van der Waals surface area contributed by atoms with Gasteiger partial charge in [0.2, 0.25) is 5.91 Å². The van der Waals surface area contributed by atoms with E-state index in [0.717, 1.165) is 0 Å². The number of likely N-dealkylation sites (N-methyl/N-ethyl adjacent to an activating group) is 1. The summed E-state index contributed by atoms with van der Waals surface area (Å²) in [7, 11) is 1.51. The molecule has 0 spiro atoms. The van der Waals surface area contributed by atoms with Gasteiger partial charge in [0.05, 0.1) is 6.42 Å². The lowest BCUT2D eigenvalue weighted by molar-refractivity contribution is -0.140. The van der Waals surface area contributed by atoms with Gasteiger partial charge < -0.3 is 15.7 Å². The predicted octanol–water partition coefficient (Wildman–Crippen LogP) is 0.688. The van der Waals surface area contributed by atoms with Crippen molar-refractivity contribution in [3.63, 3.8) is 0 Å². The van der Waals surface area contributed by atoms with Crippen molar-refractivity contribution in [2.45, 2.75) is 12.5 Å². The fraction of sp³-hybridized carbons (Fsp3) is 0.273. The van der Waals surface area contributed by atoms with E-state index < -0.39 is 12.0 Å². The molecule has 5 nitrogen and oxygen atoms in total. The van der Waals surface area contributed by atoms with Crippen LogP contribution in [0.4, 0.5) is 5.69 Å². The number of nitrogens with one attached hydrogen (secondary N) is 2. The van der Waals surface area contributed by atoms with Gasteiger partial charge in [0.15, 0.2) is 0 Å². The van der Waals surface area contributed by atoms with Crippen LogP contribution in [-0.4, -0.2) is 30.1 Å². The third kappa shape index (κ3) is 3.70. The molecule has 0 unspecified atom stereocenters. The van der Waals surface area contributed by atoms with E-state index in [0.29, 0.717) is 5.69 Å². The Labute approximate surface area is 93.5 Å². The highest BCUT2D eigenvalue weighted by Crippen LogP contribution is 2.06. The van der Waals surface area contributed by atoms with Crippen LogP contribution >= 0.6 is 0 Å². The minimum atomic E-state index is -1.04. The highest BCUT2D eigenvalue weighted by molar-refractivity contribution is 5.93. The van der Waals surface area contributed by atoms with E-state index in [-0.39, 0.29) is 12.3 Å². The van der Waals surface area contributed by atoms with Gasteiger partial charge in [-0.15, -0.1) is 0 Å². The van der Waals surface area contributed by atoms with Crippen molar-refractivity contribution in [3.8, 4) is 0 Å². The SMILES string of the molecule is CN[C@@H](CC(=O)Nc1ccccc1)C(=O)O. The van der Waals surface area contributed by atoms with Crippen molar-refractivity contribution >= 4 is 17.6 Å². The number of carbonyl (C=O) groups excluding carboxylic acids is 1. The molecule has 0 aliphatic rings. The molecule has 0 saturated carbocycles. The summed E-state index contributed by atoms with van der Waals surface area (Å²) in [5, 5.41) is 13.9. The molecule has 0 saturated heterocycles. The van der Waals surface area contributed by atoms with Gasteiger partial charge in [0.1, 0.15) is 6.04 Å². The number of rotatable bonds is 5. The van der Waals surface area contributed by atoms with Gasteiger partial charge in [-0.05, 0) is 19.2 Å². The molecular formula is C11H14N2O3. The Morgan fingerprint density at radius 2 is 1.94 bits per heavy atom. The first-order chi connectivity index (χ1) is 7.63. The summed E-state index contributed by atoms with van der Waals surface area (Å²) >= 11 is 0. The van der Waals surface area contributed by atoms with Gasteiger partial charge in [-0.2, -0.15) is 0 Å². The molecule has 0 aliphatic carbocycles. The number of benzene rings is 1. The summed E-state index contributed by atoms with van der Waals surface area (Å²) in [5.41, 5.74) is 0.660. The molecule has 16 heavy (non-hydrogen) atoms. The van der Waals surface area contributed by atoms with Crippen LogP contribution in [0.5, 0.6) is 0 Å². The fourth-order valence-electron chi connectivity index (χ4n) is 1.23. The lowest BCUT2D eigenvalue weighted by Gasteiger charge is -2.10. The molecule has 1 aromatic carbocycles. The van der Waals surface area contributed by atoms with Crippen molar-refractivity contribution in [2.24, 2.45) is 0 Å². The van der Waals surface area contributed by atoms with E-state index in [4.69, 9.17) is 5.11 Å². The third-order valence-electron chi connectivity index (χ3n) is 2.09. The van der Waals surface area contributed by atoms with Crippen molar-refractivity contribution in [3.05, 3.63) is 30.3 Å². The molecule has 5 heteroatoms. The number of anilines is 1. The summed E-state index contributed by atoms with van der Waals surface area (Å²) < 4.78 is 0. The number of aliphatic carboxylic acids is 1. The number of hydrogen-bond donors (Lipinski definition) is 3. The molecule has 3 N–H and O–H groups in total. The van der Waals surface area contributed by atoms with Crippen molar-refractivity contribution in [1.82, 2.24) is 5.32 Å². The average Bonchev–Trinajstić information content (AvgIpc) is 2.27. The quantitative estimate of drug-likeness (QED) is 0.684. The molecule has 1 atom stereocenters. The summed E-state index contributed by atoms with van der Waals surface area (Å²) in [6, 6.07) is 8.05. The molecule has 86 valence electrons. The van der Waals surface area contributed by atoms with Gasteiger partial charge in [-0.3, -0.25) is 9.59 Å². The predicted molar refractivity (Wildman–Crippen MR) is 60.2 cm³/mol. The molecule has 0 bridgehead atoms. The third-order valence-corrected chi connectivity index (χ3v) is 2.09. The first-order valence-corrected chi connectivity index (χ1v) is 4.88. The Kier molecular flexibility index (Phi) is 4.47. The van der Waals surface area contributed by atoms with Crippen LogP contribution in [0.3, 0.4) is 0 Å². The van der Waals surface area contributed by atoms with Gasteiger partial charge >= 0.3 is 5.97 Å². The average molecular weight is 222 g/mol. The number of carbonyl (C=O) groups is 2. The standard InChI is InChI=1S/C11H14N2O3/c1-12-9(11(15)16)7-10(14)13-8-5-3-2-4-6-8/h2-6,9,12H,7H2,1H3,(H,13,14)(H,15,16)/t9-/m0/s1. The first-order valence-electron chi connectivity index (χ1n) is 4.88. The van der Waals surface area contributed by atoms with Crippen molar-refractivity contribution in [2.75, 3.05) is 12.4 Å². The number of para-hydroxylation sites is 1. The van der Waals surface area contributed by atoms with Crippen molar-refractivity contribution < 1.29 is 14.7 Å². The van der Waals surface area contributed by atoms with Gasteiger partial charge in [-0.1, -0.05) is 18.2 Å². The maximum Gasteiger partial charge on any atom is 0.321 e. The van der Waals surface area contributed by atoms with Crippen LogP contribution in [0.2, 0.25) is 0 Å². The molecule has 1 amide bonds.